The molecule has 144 valence electrons. The van der Waals surface area contributed by atoms with Crippen molar-refractivity contribution in [1.82, 2.24) is 15.6 Å². The fourth-order valence-corrected chi connectivity index (χ4v) is 3.88. The highest BCUT2D eigenvalue weighted by Gasteiger charge is 2.23. The fourth-order valence-electron chi connectivity index (χ4n) is 3.23. The summed E-state index contributed by atoms with van der Waals surface area (Å²) in [6.07, 6.45) is 3.15. The van der Waals surface area contributed by atoms with E-state index in [2.05, 4.69) is 32.1 Å². The Kier molecular flexibility index (Phi) is 6.81. The van der Waals surface area contributed by atoms with Crippen LogP contribution in [0.15, 0.2) is 34.6 Å². The first-order valence-corrected chi connectivity index (χ1v) is 10.3. The van der Waals surface area contributed by atoms with E-state index in [1.165, 1.54) is 5.56 Å². The van der Waals surface area contributed by atoms with Gasteiger partial charge in [0.05, 0.1) is 10.7 Å². The van der Waals surface area contributed by atoms with Crippen LogP contribution < -0.4 is 15.5 Å². The van der Waals surface area contributed by atoms with Gasteiger partial charge in [0, 0.05) is 50.6 Å². The second kappa shape index (κ2) is 9.50. The lowest BCUT2D eigenvalue weighted by molar-refractivity contribution is -0.118. The van der Waals surface area contributed by atoms with Gasteiger partial charge < -0.3 is 15.5 Å². The number of aryl methyl sites for hydroxylation is 1. The van der Waals surface area contributed by atoms with Crippen LogP contribution in [0.4, 0.5) is 5.69 Å². The number of hydrogen-bond donors (Lipinski definition) is 2. The SMILES string of the molecule is CN=C(NCCCC(=O)N1CCc2ccccc21)NCCc1csc(C)n1. The first-order chi connectivity index (χ1) is 13.2. The first-order valence-electron chi connectivity index (χ1n) is 9.41. The largest absolute Gasteiger partial charge is 0.356 e. The molecule has 0 atom stereocenters. The zero-order chi connectivity index (χ0) is 19.1. The predicted molar refractivity (Wildman–Crippen MR) is 112 cm³/mol. The molecule has 0 bridgehead atoms. The molecule has 2 N–H and O–H groups in total. The monoisotopic (exact) mass is 385 g/mol. The van der Waals surface area contributed by atoms with Crippen molar-refractivity contribution in [3.63, 3.8) is 0 Å². The van der Waals surface area contributed by atoms with Crippen LogP contribution in [0.5, 0.6) is 0 Å². The number of aromatic nitrogens is 1. The van der Waals surface area contributed by atoms with Gasteiger partial charge in [-0.1, -0.05) is 18.2 Å². The van der Waals surface area contributed by atoms with Gasteiger partial charge in [-0.25, -0.2) is 4.98 Å². The third kappa shape index (κ3) is 5.29. The number of hydrogen-bond acceptors (Lipinski definition) is 4. The molecule has 1 aliphatic heterocycles. The minimum absolute atomic E-state index is 0.198. The number of anilines is 1. The molecule has 3 rings (SSSR count). The number of para-hydroxylation sites is 1. The molecule has 7 heteroatoms. The Balaban J connectivity index is 1.34. The van der Waals surface area contributed by atoms with E-state index in [0.717, 1.165) is 61.2 Å². The highest BCUT2D eigenvalue weighted by molar-refractivity contribution is 7.09. The molecule has 0 saturated heterocycles. The number of aliphatic imine (C=N–C) groups is 1. The average Bonchev–Trinajstić information content (AvgIpc) is 3.29. The third-order valence-electron chi connectivity index (χ3n) is 4.61. The summed E-state index contributed by atoms with van der Waals surface area (Å²) >= 11 is 1.67. The number of benzene rings is 1. The van der Waals surface area contributed by atoms with E-state index >= 15 is 0 Å². The van der Waals surface area contributed by atoms with E-state index in [-0.39, 0.29) is 5.91 Å². The van der Waals surface area contributed by atoms with Gasteiger partial charge in [0.1, 0.15) is 0 Å². The van der Waals surface area contributed by atoms with Crippen LogP contribution >= 0.6 is 11.3 Å². The molecule has 0 unspecified atom stereocenters. The zero-order valence-corrected chi connectivity index (χ0v) is 16.8. The van der Waals surface area contributed by atoms with Gasteiger partial charge >= 0.3 is 0 Å². The van der Waals surface area contributed by atoms with Crippen LogP contribution in [0.1, 0.15) is 29.1 Å². The number of rotatable bonds is 7. The molecular weight excluding hydrogens is 358 g/mol. The van der Waals surface area contributed by atoms with E-state index in [4.69, 9.17) is 0 Å². The lowest BCUT2D eigenvalue weighted by atomic mass is 10.2. The fraction of sp³-hybridized carbons (Fsp3) is 0.450. The summed E-state index contributed by atoms with van der Waals surface area (Å²) in [6.45, 7) is 4.32. The molecule has 1 amide bonds. The topological polar surface area (TPSA) is 69.6 Å². The van der Waals surface area contributed by atoms with Gasteiger partial charge in [-0.15, -0.1) is 11.3 Å². The highest BCUT2D eigenvalue weighted by atomic mass is 32.1. The number of fused-ring (bicyclic) bond motifs is 1. The lowest BCUT2D eigenvalue weighted by Crippen LogP contribution is -2.39. The molecule has 2 heterocycles. The maximum atomic E-state index is 12.5. The minimum atomic E-state index is 0.198. The van der Waals surface area contributed by atoms with Crippen LogP contribution in [0, 0.1) is 6.92 Å². The van der Waals surface area contributed by atoms with Crippen molar-refractivity contribution in [2.75, 3.05) is 31.6 Å². The van der Waals surface area contributed by atoms with Crippen LogP contribution in [0.3, 0.4) is 0 Å². The first kappa shape index (κ1) is 19.4. The highest BCUT2D eigenvalue weighted by Crippen LogP contribution is 2.27. The van der Waals surface area contributed by atoms with E-state index < -0.39 is 0 Å². The Labute approximate surface area is 164 Å². The van der Waals surface area contributed by atoms with E-state index in [1.54, 1.807) is 18.4 Å². The molecule has 27 heavy (non-hydrogen) atoms. The second-order valence-electron chi connectivity index (χ2n) is 6.56. The molecule has 1 aromatic carbocycles. The smallest absolute Gasteiger partial charge is 0.227 e. The van der Waals surface area contributed by atoms with Crippen LogP contribution in [0.25, 0.3) is 0 Å². The summed E-state index contributed by atoms with van der Waals surface area (Å²) in [5.41, 5.74) is 3.45. The number of carbonyl (C=O) groups is 1. The number of thiazole rings is 1. The van der Waals surface area contributed by atoms with E-state index in [9.17, 15) is 4.79 Å². The van der Waals surface area contributed by atoms with Crippen molar-refractivity contribution in [1.29, 1.82) is 0 Å². The molecule has 0 radical (unpaired) electrons. The van der Waals surface area contributed by atoms with Gasteiger partial charge in [0.2, 0.25) is 5.91 Å². The maximum Gasteiger partial charge on any atom is 0.227 e. The minimum Gasteiger partial charge on any atom is -0.356 e. The third-order valence-corrected chi connectivity index (χ3v) is 5.43. The van der Waals surface area contributed by atoms with Gasteiger partial charge in [-0.2, -0.15) is 0 Å². The molecule has 0 saturated carbocycles. The molecule has 6 nitrogen and oxygen atoms in total. The molecule has 0 aliphatic carbocycles. The predicted octanol–water partition coefficient (Wildman–Crippen LogP) is 2.53. The van der Waals surface area contributed by atoms with Crippen molar-refractivity contribution in [3.8, 4) is 0 Å². The molecule has 1 aliphatic rings. The second-order valence-corrected chi connectivity index (χ2v) is 7.62. The summed E-state index contributed by atoms with van der Waals surface area (Å²) in [4.78, 5) is 23.1. The summed E-state index contributed by atoms with van der Waals surface area (Å²) in [7, 11) is 1.76. The maximum absolute atomic E-state index is 12.5. The van der Waals surface area contributed by atoms with Gasteiger partial charge in [0.25, 0.3) is 0 Å². The number of nitrogens with one attached hydrogen (secondary N) is 2. The Morgan fingerprint density at radius 1 is 1.30 bits per heavy atom. The quantitative estimate of drug-likeness (QED) is 0.437. The Bertz CT molecular complexity index is 801. The number of guanidine groups is 1. The van der Waals surface area contributed by atoms with Gasteiger partial charge in [-0.3, -0.25) is 9.79 Å². The van der Waals surface area contributed by atoms with Crippen molar-refractivity contribution < 1.29 is 4.79 Å². The summed E-state index contributed by atoms with van der Waals surface area (Å²) < 4.78 is 0. The summed E-state index contributed by atoms with van der Waals surface area (Å²) in [5.74, 6) is 0.963. The van der Waals surface area contributed by atoms with Crippen molar-refractivity contribution >= 4 is 28.9 Å². The Morgan fingerprint density at radius 2 is 2.11 bits per heavy atom. The number of amides is 1. The van der Waals surface area contributed by atoms with E-state index in [1.807, 2.05) is 30.0 Å². The molecule has 0 spiro atoms. The molecule has 0 fully saturated rings. The van der Waals surface area contributed by atoms with Crippen LogP contribution in [-0.2, 0) is 17.6 Å². The number of carbonyl (C=O) groups excluding carboxylic acids is 1. The normalized spacial score (nSPS) is 13.6. The Hall–Kier alpha value is -2.41. The summed E-state index contributed by atoms with van der Waals surface area (Å²) in [5, 5.41) is 9.76. The van der Waals surface area contributed by atoms with Crippen molar-refractivity contribution in [2.45, 2.75) is 32.6 Å². The van der Waals surface area contributed by atoms with Gasteiger partial charge in [-0.05, 0) is 31.4 Å². The molecular formula is C20H27N5OS. The summed E-state index contributed by atoms with van der Waals surface area (Å²) in [6, 6.07) is 8.17. The van der Waals surface area contributed by atoms with Gasteiger partial charge in [0.15, 0.2) is 5.96 Å². The average molecular weight is 386 g/mol. The molecule has 2 aromatic rings. The van der Waals surface area contributed by atoms with Crippen LogP contribution in [0.2, 0.25) is 0 Å². The van der Waals surface area contributed by atoms with Crippen LogP contribution in [-0.4, -0.2) is 43.5 Å². The zero-order valence-electron chi connectivity index (χ0n) is 16.0. The lowest BCUT2D eigenvalue weighted by Gasteiger charge is -2.17. The standard InChI is InChI=1S/C20H27N5OS/c1-15-24-17(14-27-15)9-12-23-20(21-2)22-11-5-8-19(26)25-13-10-16-6-3-4-7-18(16)25/h3-4,6-7,14H,5,8-13H2,1-2H3,(H2,21,22,23). The van der Waals surface area contributed by atoms with E-state index in [0.29, 0.717) is 6.42 Å². The number of nitrogens with zero attached hydrogens (tertiary/aromatic N) is 3. The van der Waals surface area contributed by atoms with Crippen molar-refractivity contribution in [2.24, 2.45) is 4.99 Å². The Morgan fingerprint density at radius 3 is 2.89 bits per heavy atom. The van der Waals surface area contributed by atoms with Crippen molar-refractivity contribution in [3.05, 3.63) is 45.9 Å². The molecule has 1 aromatic heterocycles.